The molecule has 2 atom stereocenters. The molecule has 1 aromatic carbocycles. The average molecular weight is 339 g/mol. The maximum Gasteiger partial charge on any atom is 0.242 e. The summed E-state index contributed by atoms with van der Waals surface area (Å²) in [7, 11) is 0. The molecule has 5 nitrogen and oxygen atoms in total. The van der Waals surface area contributed by atoms with Crippen LogP contribution in [0, 0.1) is 11.6 Å². The van der Waals surface area contributed by atoms with Crippen molar-refractivity contribution in [2.75, 3.05) is 17.2 Å². The number of hydrogen-bond acceptors (Lipinski definition) is 3. The van der Waals surface area contributed by atoms with Gasteiger partial charge in [-0.15, -0.1) is 0 Å². The highest BCUT2D eigenvalue weighted by Gasteiger charge is 2.28. The van der Waals surface area contributed by atoms with Crippen molar-refractivity contribution in [3.8, 4) is 0 Å². The van der Waals surface area contributed by atoms with E-state index in [-0.39, 0.29) is 35.9 Å². The first-order valence-electron chi connectivity index (χ1n) is 8.11. The van der Waals surface area contributed by atoms with Crippen molar-refractivity contribution in [3.63, 3.8) is 0 Å². The Morgan fingerprint density at radius 3 is 2.29 bits per heavy atom. The number of carbonyl (C=O) groups excluding carboxylic acids is 2. The molecule has 7 heteroatoms. The van der Waals surface area contributed by atoms with Gasteiger partial charge in [-0.25, -0.2) is 8.78 Å². The molecule has 1 aliphatic rings. The SMILES string of the molecule is CC(=O)Nc1cc(NCC(=O)N2[C@H](C)CCC[C@@H]2C)c(F)cc1F. The number of benzene rings is 1. The van der Waals surface area contributed by atoms with Crippen LogP contribution in [0.4, 0.5) is 20.2 Å². The Kier molecular flexibility index (Phi) is 5.75. The molecule has 0 spiro atoms. The number of nitrogens with one attached hydrogen (secondary N) is 2. The lowest BCUT2D eigenvalue weighted by Gasteiger charge is -2.39. The normalized spacial score (nSPS) is 20.6. The van der Waals surface area contributed by atoms with Gasteiger partial charge < -0.3 is 15.5 Å². The summed E-state index contributed by atoms with van der Waals surface area (Å²) in [4.78, 5) is 25.3. The summed E-state index contributed by atoms with van der Waals surface area (Å²) in [6.07, 6.45) is 2.99. The molecule has 0 unspecified atom stereocenters. The van der Waals surface area contributed by atoms with Gasteiger partial charge in [0.15, 0.2) is 0 Å². The van der Waals surface area contributed by atoms with E-state index < -0.39 is 17.5 Å². The molecule has 1 fully saturated rings. The van der Waals surface area contributed by atoms with Crippen LogP contribution in [0.1, 0.15) is 40.0 Å². The van der Waals surface area contributed by atoms with E-state index in [9.17, 15) is 18.4 Å². The fourth-order valence-corrected chi connectivity index (χ4v) is 3.14. The summed E-state index contributed by atoms with van der Waals surface area (Å²) in [5, 5.41) is 5.00. The third-order valence-corrected chi connectivity index (χ3v) is 4.28. The maximum atomic E-state index is 13.9. The van der Waals surface area contributed by atoms with Crippen LogP contribution in [0.25, 0.3) is 0 Å². The number of piperidine rings is 1. The van der Waals surface area contributed by atoms with Gasteiger partial charge in [0.05, 0.1) is 17.9 Å². The van der Waals surface area contributed by atoms with Crippen LogP contribution in [0.5, 0.6) is 0 Å². The van der Waals surface area contributed by atoms with Crippen LogP contribution < -0.4 is 10.6 Å². The van der Waals surface area contributed by atoms with Crippen LogP contribution >= 0.6 is 0 Å². The molecule has 2 rings (SSSR count). The van der Waals surface area contributed by atoms with Gasteiger partial charge in [0, 0.05) is 25.1 Å². The van der Waals surface area contributed by atoms with Gasteiger partial charge >= 0.3 is 0 Å². The molecule has 0 aromatic heterocycles. The molecule has 132 valence electrons. The van der Waals surface area contributed by atoms with E-state index in [4.69, 9.17) is 0 Å². The zero-order valence-electron chi connectivity index (χ0n) is 14.2. The first-order valence-corrected chi connectivity index (χ1v) is 8.11. The van der Waals surface area contributed by atoms with Gasteiger partial charge in [-0.3, -0.25) is 9.59 Å². The van der Waals surface area contributed by atoms with Gasteiger partial charge in [0.2, 0.25) is 11.8 Å². The standard InChI is InChI=1S/C17H23F2N3O2/c1-10-5-4-6-11(2)22(10)17(24)9-20-15-8-16(21-12(3)23)14(19)7-13(15)18/h7-8,10-11,20H,4-6,9H2,1-3H3,(H,21,23)/t10-,11+. The largest absolute Gasteiger partial charge is 0.374 e. The lowest BCUT2D eigenvalue weighted by molar-refractivity contribution is -0.135. The molecule has 1 aromatic rings. The van der Waals surface area contributed by atoms with E-state index in [0.29, 0.717) is 6.07 Å². The maximum absolute atomic E-state index is 13.9. The van der Waals surface area contributed by atoms with Gasteiger partial charge in [0.25, 0.3) is 0 Å². The van der Waals surface area contributed by atoms with Gasteiger partial charge in [0.1, 0.15) is 11.6 Å². The average Bonchev–Trinajstić information content (AvgIpc) is 2.48. The van der Waals surface area contributed by atoms with Crippen LogP contribution in [0.15, 0.2) is 12.1 Å². The third kappa shape index (κ3) is 4.21. The highest BCUT2D eigenvalue weighted by molar-refractivity contribution is 5.89. The second kappa shape index (κ2) is 7.59. The summed E-state index contributed by atoms with van der Waals surface area (Å²) in [5.41, 5.74) is -0.149. The van der Waals surface area contributed by atoms with Gasteiger partial charge in [-0.2, -0.15) is 0 Å². The number of hydrogen-bond donors (Lipinski definition) is 2. The van der Waals surface area contributed by atoms with Crippen LogP contribution in [0.2, 0.25) is 0 Å². The Morgan fingerprint density at radius 2 is 1.71 bits per heavy atom. The van der Waals surface area contributed by atoms with E-state index in [0.717, 1.165) is 25.3 Å². The minimum absolute atomic E-state index is 0.0224. The second-order valence-electron chi connectivity index (χ2n) is 6.28. The monoisotopic (exact) mass is 339 g/mol. The van der Waals surface area contributed by atoms with Crippen molar-refractivity contribution in [2.45, 2.75) is 52.1 Å². The topological polar surface area (TPSA) is 61.4 Å². The van der Waals surface area contributed by atoms with E-state index in [2.05, 4.69) is 10.6 Å². The van der Waals surface area contributed by atoms with Gasteiger partial charge in [-0.1, -0.05) is 0 Å². The number of amides is 2. The van der Waals surface area contributed by atoms with E-state index in [1.807, 2.05) is 18.7 Å². The van der Waals surface area contributed by atoms with Crippen molar-refractivity contribution >= 4 is 23.2 Å². The Labute approximate surface area is 140 Å². The molecular weight excluding hydrogens is 316 g/mol. The summed E-state index contributed by atoms with van der Waals surface area (Å²) in [6.45, 7) is 5.15. The Bertz CT molecular complexity index is 627. The van der Waals surface area contributed by atoms with Crippen molar-refractivity contribution in [2.24, 2.45) is 0 Å². The summed E-state index contributed by atoms with van der Waals surface area (Å²) in [6, 6.07) is 2.14. The quantitative estimate of drug-likeness (QED) is 0.886. The molecule has 2 amide bonds. The van der Waals surface area contributed by atoms with Crippen molar-refractivity contribution in [1.82, 2.24) is 4.90 Å². The van der Waals surface area contributed by atoms with E-state index in [1.54, 1.807) is 0 Å². The first kappa shape index (κ1) is 18.2. The number of rotatable bonds is 4. The van der Waals surface area contributed by atoms with Crippen molar-refractivity contribution in [1.29, 1.82) is 0 Å². The lowest BCUT2D eigenvalue weighted by Crippen LogP contribution is -2.49. The number of nitrogens with zero attached hydrogens (tertiary/aromatic N) is 1. The molecule has 24 heavy (non-hydrogen) atoms. The molecular formula is C17H23F2N3O2. The zero-order chi connectivity index (χ0) is 17.9. The summed E-state index contributed by atoms with van der Waals surface area (Å²) >= 11 is 0. The molecule has 0 aliphatic carbocycles. The van der Waals surface area contributed by atoms with Crippen LogP contribution in [0.3, 0.4) is 0 Å². The zero-order valence-corrected chi connectivity index (χ0v) is 14.2. The van der Waals surface area contributed by atoms with Crippen molar-refractivity contribution < 1.29 is 18.4 Å². The predicted molar refractivity (Wildman–Crippen MR) is 88.8 cm³/mol. The first-order chi connectivity index (χ1) is 11.3. The third-order valence-electron chi connectivity index (χ3n) is 4.28. The van der Waals surface area contributed by atoms with Crippen LogP contribution in [-0.4, -0.2) is 35.3 Å². The Balaban J connectivity index is 2.08. The van der Waals surface area contributed by atoms with Crippen molar-refractivity contribution in [3.05, 3.63) is 23.8 Å². The predicted octanol–water partition coefficient (Wildman–Crippen LogP) is 3.12. The molecule has 1 aliphatic heterocycles. The number of likely N-dealkylation sites (tertiary alicyclic amines) is 1. The van der Waals surface area contributed by atoms with E-state index >= 15 is 0 Å². The van der Waals surface area contributed by atoms with Gasteiger partial charge in [-0.05, 0) is 39.2 Å². The lowest BCUT2D eigenvalue weighted by atomic mass is 9.97. The molecule has 2 N–H and O–H groups in total. The number of anilines is 2. The minimum atomic E-state index is -0.863. The molecule has 0 radical (unpaired) electrons. The Hall–Kier alpha value is -2.18. The summed E-state index contributed by atoms with van der Waals surface area (Å²) < 4.78 is 27.5. The highest BCUT2D eigenvalue weighted by atomic mass is 19.1. The van der Waals surface area contributed by atoms with E-state index in [1.165, 1.54) is 6.92 Å². The highest BCUT2D eigenvalue weighted by Crippen LogP contribution is 2.25. The summed E-state index contributed by atoms with van der Waals surface area (Å²) in [5.74, 6) is -2.26. The molecule has 0 saturated carbocycles. The van der Waals surface area contributed by atoms with Crippen LogP contribution in [-0.2, 0) is 9.59 Å². The Morgan fingerprint density at radius 1 is 1.12 bits per heavy atom. The second-order valence-corrected chi connectivity index (χ2v) is 6.28. The molecule has 1 saturated heterocycles. The fourth-order valence-electron chi connectivity index (χ4n) is 3.14. The minimum Gasteiger partial charge on any atom is -0.374 e. The smallest absolute Gasteiger partial charge is 0.242 e. The molecule has 1 heterocycles. The number of halogens is 2. The molecule has 0 bridgehead atoms. The fraction of sp³-hybridized carbons (Fsp3) is 0.529. The number of carbonyl (C=O) groups is 2.